The van der Waals surface area contributed by atoms with Crippen LogP contribution in [0.3, 0.4) is 0 Å². The fraction of sp³-hybridized carbons (Fsp3) is 0.219. The van der Waals surface area contributed by atoms with Crippen LogP contribution in [0.1, 0.15) is 17.2 Å². The van der Waals surface area contributed by atoms with Gasteiger partial charge in [0.2, 0.25) is 5.91 Å². The van der Waals surface area contributed by atoms with Crippen LogP contribution in [0, 0.1) is 5.82 Å². The van der Waals surface area contributed by atoms with Gasteiger partial charge in [-0.3, -0.25) is 14.6 Å². The van der Waals surface area contributed by atoms with Gasteiger partial charge in [0.1, 0.15) is 23.9 Å². The number of para-hydroxylation sites is 1. The fourth-order valence-corrected chi connectivity index (χ4v) is 5.17. The molecule has 0 radical (unpaired) electrons. The van der Waals surface area contributed by atoms with Gasteiger partial charge in [-0.1, -0.05) is 35.5 Å². The standard InChI is InChI=1S/C32H30FN7O3/c33-25-9-7-24(8-10-25)31(32(42)35-26-11-13-27(14-12-26)38-16-18-43-19-17-38)39(21-23-4-3-15-34-20-23)30(41)22-40-29-6-2-1-5-28(29)36-37-40/h1-15,20,31H,16-19,21-22H2,(H,35,42). The first-order chi connectivity index (χ1) is 21.0. The summed E-state index contributed by atoms with van der Waals surface area (Å²) in [6, 6.07) is 23.0. The zero-order valence-corrected chi connectivity index (χ0v) is 23.3. The Labute approximate surface area is 247 Å². The van der Waals surface area contributed by atoms with E-state index in [4.69, 9.17) is 4.74 Å². The average Bonchev–Trinajstić information content (AvgIpc) is 3.45. The van der Waals surface area contributed by atoms with Gasteiger partial charge in [-0.2, -0.15) is 0 Å². The summed E-state index contributed by atoms with van der Waals surface area (Å²) >= 11 is 0. The molecule has 1 fully saturated rings. The third-order valence-corrected chi connectivity index (χ3v) is 7.36. The Hall–Kier alpha value is -5.16. The van der Waals surface area contributed by atoms with Gasteiger partial charge in [0, 0.05) is 43.4 Å². The first kappa shape index (κ1) is 28.0. The Kier molecular flexibility index (Phi) is 8.32. The number of fused-ring (bicyclic) bond motifs is 1. The number of rotatable bonds is 9. The van der Waals surface area contributed by atoms with Crippen LogP contribution in [-0.2, 0) is 27.4 Å². The van der Waals surface area contributed by atoms with Crippen LogP contribution >= 0.6 is 0 Å². The van der Waals surface area contributed by atoms with Gasteiger partial charge in [-0.05, 0) is 65.7 Å². The normalized spacial score (nSPS) is 13.9. The van der Waals surface area contributed by atoms with Crippen molar-refractivity contribution >= 4 is 34.2 Å². The van der Waals surface area contributed by atoms with Crippen molar-refractivity contribution in [3.8, 4) is 0 Å². The van der Waals surface area contributed by atoms with Gasteiger partial charge in [0.15, 0.2) is 0 Å². The average molecular weight is 580 g/mol. The number of nitrogens with zero attached hydrogens (tertiary/aromatic N) is 6. The number of morpholine rings is 1. The van der Waals surface area contributed by atoms with E-state index in [0.717, 1.165) is 24.3 Å². The van der Waals surface area contributed by atoms with Crippen LogP contribution in [-0.4, -0.2) is 63.0 Å². The lowest BCUT2D eigenvalue weighted by molar-refractivity contribution is -0.140. The van der Waals surface area contributed by atoms with Gasteiger partial charge in [0.05, 0.1) is 18.7 Å². The van der Waals surface area contributed by atoms with Gasteiger partial charge in [-0.15, -0.1) is 5.10 Å². The summed E-state index contributed by atoms with van der Waals surface area (Å²) in [5.41, 5.74) is 4.15. The molecule has 3 heterocycles. The molecule has 1 aliphatic rings. The van der Waals surface area contributed by atoms with Crippen molar-refractivity contribution in [3.63, 3.8) is 0 Å². The van der Waals surface area contributed by atoms with E-state index in [2.05, 4.69) is 25.5 Å². The highest BCUT2D eigenvalue weighted by atomic mass is 19.1. The molecule has 1 aliphatic heterocycles. The highest BCUT2D eigenvalue weighted by molar-refractivity contribution is 5.98. The lowest BCUT2D eigenvalue weighted by atomic mass is 10.0. The molecule has 1 saturated heterocycles. The number of hydrogen-bond donors (Lipinski definition) is 1. The number of carbonyl (C=O) groups is 2. The van der Waals surface area contributed by atoms with E-state index in [1.54, 1.807) is 18.5 Å². The summed E-state index contributed by atoms with van der Waals surface area (Å²) in [5.74, 6) is -1.25. The molecule has 6 rings (SSSR count). The zero-order chi connectivity index (χ0) is 29.6. The van der Waals surface area contributed by atoms with Crippen molar-refractivity contribution in [1.82, 2.24) is 24.9 Å². The van der Waals surface area contributed by atoms with Crippen molar-refractivity contribution < 1.29 is 18.7 Å². The second-order valence-electron chi connectivity index (χ2n) is 10.2. The Balaban J connectivity index is 1.32. The molecule has 0 bridgehead atoms. The van der Waals surface area contributed by atoms with Crippen LogP contribution in [0.4, 0.5) is 15.8 Å². The Morgan fingerprint density at radius 3 is 2.47 bits per heavy atom. The predicted molar refractivity (Wildman–Crippen MR) is 160 cm³/mol. The molecule has 2 amide bonds. The molecular formula is C32H30FN7O3. The summed E-state index contributed by atoms with van der Waals surface area (Å²) in [5, 5.41) is 11.3. The summed E-state index contributed by atoms with van der Waals surface area (Å²) < 4.78 is 20.9. The molecule has 10 nitrogen and oxygen atoms in total. The van der Waals surface area contributed by atoms with E-state index in [1.807, 2.05) is 54.6 Å². The Morgan fingerprint density at radius 2 is 1.72 bits per heavy atom. The molecule has 1 N–H and O–H groups in total. The van der Waals surface area contributed by atoms with Gasteiger partial charge in [-0.25, -0.2) is 9.07 Å². The quantitative estimate of drug-likeness (QED) is 0.279. The summed E-state index contributed by atoms with van der Waals surface area (Å²) in [7, 11) is 0. The number of amides is 2. The van der Waals surface area contributed by atoms with Crippen molar-refractivity contribution in [1.29, 1.82) is 0 Å². The second-order valence-corrected chi connectivity index (χ2v) is 10.2. The lowest BCUT2D eigenvalue weighted by Crippen LogP contribution is -2.42. The number of pyridine rings is 1. The summed E-state index contributed by atoms with van der Waals surface area (Å²) in [4.78, 5) is 36.0. The monoisotopic (exact) mass is 579 g/mol. The molecule has 11 heteroatoms. The topological polar surface area (TPSA) is 105 Å². The smallest absolute Gasteiger partial charge is 0.251 e. The van der Waals surface area contributed by atoms with Crippen molar-refractivity contribution in [2.45, 2.75) is 19.1 Å². The van der Waals surface area contributed by atoms with E-state index < -0.39 is 17.8 Å². The van der Waals surface area contributed by atoms with Crippen LogP contribution in [0.5, 0.6) is 0 Å². The number of ether oxygens (including phenoxy) is 1. The van der Waals surface area contributed by atoms with Crippen molar-refractivity contribution in [2.75, 3.05) is 36.5 Å². The third kappa shape index (κ3) is 6.52. The fourth-order valence-electron chi connectivity index (χ4n) is 5.17. The SMILES string of the molecule is O=C(Nc1ccc(N2CCOCC2)cc1)C(c1ccc(F)cc1)N(Cc1cccnc1)C(=O)Cn1nnc2ccccc21. The van der Waals surface area contributed by atoms with Crippen molar-refractivity contribution in [3.05, 3.63) is 114 Å². The third-order valence-electron chi connectivity index (χ3n) is 7.36. The minimum atomic E-state index is -1.08. The summed E-state index contributed by atoms with van der Waals surface area (Å²) in [6.07, 6.45) is 3.29. The Bertz CT molecular complexity index is 1690. The highest BCUT2D eigenvalue weighted by Gasteiger charge is 2.32. The maximum atomic E-state index is 14.1. The van der Waals surface area contributed by atoms with E-state index >= 15 is 0 Å². The number of benzene rings is 3. The number of carbonyl (C=O) groups excluding carboxylic acids is 2. The molecule has 0 aliphatic carbocycles. The molecule has 2 aromatic heterocycles. The number of nitrogens with one attached hydrogen (secondary N) is 1. The maximum absolute atomic E-state index is 14.1. The molecule has 5 aromatic rings. The van der Waals surface area contributed by atoms with Gasteiger partial charge >= 0.3 is 0 Å². The number of halogens is 1. The van der Waals surface area contributed by atoms with Gasteiger partial charge < -0.3 is 19.9 Å². The molecule has 1 unspecified atom stereocenters. The van der Waals surface area contributed by atoms with E-state index in [-0.39, 0.29) is 19.0 Å². The highest BCUT2D eigenvalue weighted by Crippen LogP contribution is 2.27. The molecule has 43 heavy (non-hydrogen) atoms. The molecular weight excluding hydrogens is 549 g/mol. The molecule has 0 spiro atoms. The van der Waals surface area contributed by atoms with Crippen LogP contribution in [0.25, 0.3) is 11.0 Å². The molecule has 1 atom stereocenters. The van der Waals surface area contributed by atoms with Crippen molar-refractivity contribution in [2.24, 2.45) is 0 Å². The minimum absolute atomic E-state index is 0.0880. The second kappa shape index (κ2) is 12.8. The van der Waals surface area contributed by atoms with Crippen LogP contribution < -0.4 is 10.2 Å². The lowest BCUT2D eigenvalue weighted by Gasteiger charge is -2.32. The maximum Gasteiger partial charge on any atom is 0.251 e. The van der Waals surface area contributed by atoms with Crippen LogP contribution in [0.2, 0.25) is 0 Å². The first-order valence-electron chi connectivity index (χ1n) is 14.0. The number of hydrogen-bond acceptors (Lipinski definition) is 7. The van der Waals surface area contributed by atoms with E-state index in [9.17, 15) is 14.0 Å². The summed E-state index contributed by atoms with van der Waals surface area (Å²) in [6.45, 7) is 2.87. The zero-order valence-electron chi connectivity index (χ0n) is 23.3. The minimum Gasteiger partial charge on any atom is -0.378 e. The molecule has 218 valence electrons. The van der Waals surface area contributed by atoms with Crippen LogP contribution in [0.15, 0.2) is 97.3 Å². The number of aromatic nitrogens is 4. The van der Waals surface area contributed by atoms with E-state index in [0.29, 0.717) is 35.5 Å². The first-order valence-corrected chi connectivity index (χ1v) is 14.0. The molecule has 3 aromatic carbocycles. The largest absolute Gasteiger partial charge is 0.378 e. The Morgan fingerprint density at radius 1 is 0.953 bits per heavy atom. The van der Waals surface area contributed by atoms with E-state index in [1.165, 1.54) is 33.8 Å². The predicted octanol–water partition coefficient (Wildman–Crippen LogP) is 4.21. The van der Waals surface area contributed by atoms with Gasteiger partial charge in [0.25, 0.3) is 5.91 Å². The molecule has 0 saturated carbocycles. The number of anilines is 2.